The van der Waals surface area contributed by atoms with E-state index in [1.165, 1.54) is 4.90 Å². The molecule has 1 aliphatic rings. The summed E-state index contributed by atoms with van der Waals surface area (Å²) in [6, 6.07) is 16.7. The van der Waals surface area contributed by atoms with Crippen LogP contribution in [-0.4, -0.2) is 39.9 Å². The van der Waals surface area contributed by atoms with E-state index in [0.29, 0.717) is 35.8 Å². The standard InChI is InChI=1S/C28H26N2O5/c1-3-16-35-23-13-9-21(10-14-23)26(31)24-25(20-7-11-22(12-8-20)34-4-2)30(28(33)27(24)32)18-19-6-5-15-29-17-19/h3,5-15,17,25,31H,1,4,16,18H2,2H3/b26-24+/t25-/m0/s1. The molecule has 7 nitrogen and oxygen atoms in total. The zero-order valence-corrected chi connectivity index (χ0v) is 19.4. The van der Waals surface area contributed by atoms with Gasteiger partial charge in [0.05, 0.1) is 18.2 Å². The predicted octanol–water partition coefficient (Wildman–Crippen LogP) is 4.67. The van der Waals surface area contributed by atoms with Gasteiger partial charge in [0.25, 0.3) is 11.7 Å². The third-order valence-electron chi connectivity index (χ3n) is 5.62. The van der Waals surface area contributed by atoms with E-state index in [-0.39, 0.29) is 17.9 Å². The molecular weight excluding hydrogens is 444 g/mol. The summed E-state index contributed by atoms with van der Waals surface area (Å²) in [4.78, 5) is 31.9. The molecule has 178 valence electrons. The lowest BCUT2D eigenvalue weighted by Crippen LogP contribution is -2.29. The molecule has 0 spiro atoms. The Kier molecular flexibility index (Phi) is 7.26. The van der Waals surface area contributed by atoms with Crippen LogP contribution in [0.4, 0.5) is 0 Å². The van der Waals surface area contributed by atoms with Crippen molar-refractivity contribution in [3.63, 3.8) is 0 Å². The fourth-order valence-electron chi connectivity index (χ4n) is 4.01. The number of Topliss-reactive ketones (excluding diaryl/α,β-unsaturated/α-hetero) is 1. The molecule has 1 N–H and O–H groups in total. The highest BCUT2D eigenvalue weighted by Crippen LogP contribution is 2.40. The minimum absolute atomic E-state index is 0.0304. The first-order chi connectivity index (χ1) is 17.0. The van der Waals surface area contributed by atoms with Gasteiger partial charge in [-0.25, -0.2) is 0 Å². The van der Waals surface area contributed by atoms with Gasteiger partial charge in [-0.3, -0.25) is 14.6 Å². The van der Waals surface area contributed by atoms with Crippen LogP contribution in [-0.2, 0) is 16.1 Å². The molecule has 1 saturated heterocycles. The van der Waals surface area contributed by atoms with E-state index >= 15 is 0 Å². The lowest BCUT2D eigenvalue weighted by atomic mass is 9.95. The molecule has 1 aromatic heterocycles. The Bertz CT molecular complexity index is 1230. The van der Waals surface area contributed by atoms with Crippen LogP contribution in [0.25, 0.3) is 5.76 Å². The average molecular weight is 471 g/mol. The smallest absolute Gasteiger partial charge is 0.295 e. The SMILES string of the molecule is C=CCOc1ccc(/C(O)=C2\C(=O)C(=O)N(Cc3cccnc3)[C@H]2c2ccc(OCC)cc2)cc1. The summed E-state index contributed by atoms with van der Waals surface area (Å²) in [5.41, 5.74) is 1.90. The fourth-order valence-corrected chi connectivity index (χ4v) is 4.01. The van der Waals surface area contributed by atoms with E-state index < -0.39 is 17.7 Å². The van der Waals surface area contributed by atoms with Crippen LogP contribution in [0.3, 0.4) is 0 Å². The monoisotopic (exact) mass is 470 g/mol. The van der Waals surface area contributed by atoms with Crippen LogP contribution in [0.2, 0.25) is 0 Å². The van der Waals surface area contributed by atoms with E-state index in [1.807, 2.05) is 13.0 Å². The molecule has 1 fully saturated rings. The summed E-state index contributed by atoms with van der Waals surface area (Å²) in [6.07, 6.45) is 4.93. The van der Waals surface area contributed by atoms with Crippen molar-refractivity contribution in [2.75, 3.05) is 13.2 Å². The molecule has 35 heavy (non-hydrogen) atoms. The summed E-state index contributed by atoms with van der Waals surface area (Å²) in [5.74, 6) is -0.388. The molecule has 4 rings (SSSR count). The zero-order valence-electron chi connectivity index (χ0n) is 19.4. The molecule has 0 aliphatic carbocycles. The Morgan fingerprint density at radius 2 is 1.74 bits per heavy atom. The number of hydrogen-bond acceptors (Lipinski definition) is 6. The number of nitrogens with zero attached hydrogens (tertiary/aromatic N) is 2. The van der Waals surface area contributed by atoms with Crippen LogP contribution in [0.1, 0.15) is 29.7 Å². The van der Waals surface area contributed by atoms with E-state index in [2.05, 4.69) is 11.6 Å². The minimum atomic E-state index is -0.775. The maximum absolute atomic E-state index is 13.2. The van der Waals surface area contributed by atoms with E-state index in [1.54, 1.807) is 73.1 Å². The molecule has 1 aliphatic heterocycles. The third kappa shape index (κ3) is 5.09. The van der Waals surface area contributed by atoms with Crippen LogP contribution >= 0.6 is 0 Å². The summed E-state index contributed by atoms with van der Waals surface area (Å²) < 4.78 is 11.0. The number of aliphatic hydroxyl groups is 1. The van der Waals surface area contributed by atoms with Crippen molar-refractivity contribution in [3.05, 3.63) is 108 Å². The van der Waals surface area contributed by atoms with Crippen molar-refractivity contribution in [3.8, 4) is 11.5 Å². The van der Waals surface area contributed by atoms with Gasteiger partial charge < -0.3 is 19.5 Å². The van der Waals surface area contributed by atoms with Gasteiger partial charge in [0.1, 0.15) is 23.9 Å². The molecule has 0 saturated carbocycles. The number of amides is 1. The van der Waals surface area contributed by atoms with Gasteiger partial charge in [0.2, 0.25) is 0 Å². The van der Waals surface area contributed by atoms with E-state index in [4.69, 9.17) is 9.47 Å². The second-order valence-electron chi connectivity index (χ2n) is 7.91. The Balaban J connectivity index is 1.77. The van der Waals surface area contributed by atoms with Crippen molar-refractivity contribution < 1.29 is 24.2 Å². The summed E-state index contributed by atoms with van der Waals surface area (Å²) in [5, 5.41) is 11.2. The minimum Gasteiger partial charge on any atom is -0.507 e. The van der Waals surface area contributed by atoms with Crippen molar-refractivity contribution >= 4 is 17.4 Å². The number of ether oxygens (including phenoxy) is 2. The average Bonchev–Trinajstić information content (AvgIpc) is 3.13. The van der Waals surface area contributed by atoms with E-state index in [0.717, 1.165) is 5.56 Å². The Morgan fingerprint density at radius 1 is 1.06 bits per heavy atom. The van der Waals surface area contributed by atoms with Crippen LogP contribution in [0.15, 0.2) is 91.3 Å². The fraction of sp³-hybridized carbons (Fsp3) is 0.179. The Labute approximate surface area is 203 Å². The van der Waals surface area contributed by atoms with E-state index in [9.17, 15) is 14.7 Å². The quantitative estimate of drug-likeness (QED) is 0.212. The molecule has 0 radical (unpaired) electrons. The zero-order chi connectivity index (χ0) is 24.8. The number of aromatic nitrogens is 1. The molecule has 0 unspecified atom stereocenters. The van der Waals surface area contributed by atoms with Gasteiger partial charge in [0, 0.05) is 24.5 Å². The molecule has 1 amide bonds. The normalized spacial score (nSPS) is 16.8. The van der Waals surface area contributed by atoms with Crippen molar-refractivity contribution in [2.24, 2.45) is 0 Å². The molecular formula is C28H26N2O5. The molecule has 2 heterocycles. The topological polar surface area (TPSA) is 89.0 Å². The van der Waals surface area contributed by atoms with Gasteiger partial charge in [-0.05, 0) is 60.5 Å². The van der Waals surface area contributed by atoms with Crippen molar-refractivity contribution in [2.45, 2.75) is 19.5 Å². The molecule has 1 atom stereocenters. The first kappa shape index (κ1) is 23.8. The largest absolute Gasteiger partial charge is 0.507 e. The number of rotatable bonds is 9. The number of carbonyl (C=O) groups excluding carboxylic acids is 2. The first-order valence-corrected chi connectivity index (χ1v) is 11.3. The number of aliphatic hydroxyl groups excluding tert-OH is 1. The first-order valence-electron chi connectivity index (χ1n) is 11.3. The lowest BCUT2D eigenvalue weighted by Gasteiger charge is -2.25. The molecule has 3 aromatic rings. The Morgan fingerprint density at radius 3 is 2.37 bits per heavy atom. The van der Waals surface area contributed by atoms with Gasteiger partial charge in [0.15, 0.2) is 0 Å². The van der Waals surface area contributed by atoms with Gasteiger partial charge in [-0.1, -0.05) is 30.9 Å². The summed E-state index contributed by atoms with van der Waals surface area (Å²) in [7, 11) is 0. The van der Waals surface area contributed by atoms with Gasteiger partial charge >= 0.3 is 0 Å². The number of pyridine rings is 1. The second kappa shape index (κ2) is 10.7. The number of carbonyl (C=O) groups is 2. The van der Waals surface area contributed by atoms with Gasteiger partial charge in [-0.2, -0.15) is 0 Å². The maximum atomic E-state index is 13.2. The highest BCUT2D eigenvalue weighted by Gasteiger charge is 2.46. The lowest BCUT2D eigenvalue weighted by molar-refractivity contribution is -0.140. The molecule has 0 bridgehead atoms. The molecule has 7 heteroatoms. The van der Waals surface area contributed by atoms with Crippen LogP contribution in [0.5, 0.6) is 11.5 Å². The number of ketones is 1. The second-order valence-corrected chi connectivity index (χ2v) is 7.91. The van der Waals surface area contributed by atoms with Crippen LogP contribution in [0, 0.1) is 0 Å². The van der Waals surface area contributed by atoms with Crippen molar-refractivity contribution in [1.82, 2.24) is 9.88 Å². The van der Waals surface area contributed by atoms with Crippen LogP contribution < -0.4 is 9.47 Å². The summed E-state index contributed by atoms with van der Waals surface area (Å²) >= 11 is 0. The number of hydrogen-bond donors (Lipinski definition) is 1. The molecule has 2 aromatic carbocycles. The maximum Gasteiger partial charge on any atom is 0.295 e. The number of benzene rings is 2. The predicted molar refractivity (Wildman–Crippen MR) is 132 cm³/mol. The number of likely N-dealkylation sites (tertiary alicyclic amines) is 1. The van der Waals surface area contributed by atoms with Gasteiger partial charge in [-0.15, -0.1) is 0 Å². The van der Waals surface area contributed by atoms with Crippen molar-refractivity contribution in [1.29, 1.82) is 0 Å². The highest BCUT2D eigenvalue weighted by molar-refractivity contribution is 6.46. The Hall–Kier alpha value is -4.39. The summed E-state index contributed by atoms with van der Waals surface area (Å²) in [6.45, 7) is 6.55. The third-order valence-corrected chi connectivity index (χ3v) is 5.62. The highest BCUT2D eigenvalue weighted by atomic mass is 16.5.